The van der Waals surface area contributed by atoms with Gasteiger partial charge in [-0.25, -0.2) is 0 Å². The van der Waals surface area contributed by atoms with Crippen molar-refractivity contribution in [3.63, 3.8) is 0 Å². The third kappa shape index (κ3) is 5.83. The Morgan fingerprint density at radius 3 is 2.41 bits per heavy atom. The van der Waals surface area contributed by atoms with Crippen molar-refractivity contribution in [3.05, 3.63) is 54.1 Å². The van der Waals surface area contributed by atoms with E-state index in [9.17, 15) is 4.79 Å². The van der Waals surface area contributed by atoms with Crippen LogP contribution < -0.4 is 4.90 Å². The van der Waals surface area contributed by atoms with E-state index in [2.05, 4.69) is 53.4 Å². The first-order valence-corrected chi connectivity index (χ1v) is 9.65. The van der Waals surface area contributed by atoms with E-state index in [1.54, 1.807) is 0 Å². The Morgan fingerprint density at radius 2 is 1.74 bits per heavy atom. The molecule has 3 rings (SSSR count). The molecule has 1 aliphatic rings. The summed E-state index contributed by atoms with van der Waals surface area (Å²) in [7, 11) is 0. The lowest BCUT2D eigenvalue weighted by molar-refractivity contribution is -0.154. The van der Waals surface area contributed by atoms with Gasteiger partial charge in [0.25, 0.3) is 0 Å². The minimum Gasteiger partial charge on any atom is -0.460 e. The fourth-order valence-corrected chi connectivity index (χ4v) is 3.23. The van der Waals surface area contributed by atoms with E-state index in [0.717, 1.165) is 31.9 Å². The number of esters is 1. The van der Waals surface area contributed by atoms with Crippen molar-refractivity contribution in [1.29, 1.82) is 0 Å². The molecule has 4 nitrogen and oxygen atoms in total. The van der Waals surface area contributed by atoms with Crippen molar-refractivity contribution in [3.8, 4) is 11.1 Å². The van der Waals surface area contributed by atoms with Gasteiger partial charge in [0.15, 0.2) is 0 Å². The first-order valence-electron chi connectivity index (χ1n) is 9.65. The lowest BCUT2D eigenvalue weighted by atomic mass is 10.0. The SMILES string of the molecule is CC(C)(C)OC(=O)CCc1cccc(-c2ccc(N3CCOCC3)cc2)c1. The first-order chi connectivity index (χ1) is 12.9. The van der Waals surface area contributed by atoms with Crippen LogP contribution >= 0.6 is 0 Å². The van der Waals surface area contributed by atoms with Gasteiger partial charge in [-0.1, -0.05) is 36.4 Å². The number of nitrogens with zero attached hydrogens (tertiary/aromatic N) is 1. The van der Waals surface area contributed by atoms with Crippen molar-refractivity contribution in [1.82, 2.24) is 0 Å². The van der Waals surface area contributed by atoms with Crippen LogP contribution in [0.25, 0.3) is 11.1 Å². The fraction of sp³-hybridized carbons (Fsp3) is 0.435. The number of hydrogen-bond donors (Lipinski definition) is 0. The van der Waals surface area contributed by atoms with Gasteiger partial charge in [-0.2, -0.15) is 0 Å². The Kier molecular flexibility index (Phi) is 6.17. The van der Waals surface area contributed by atoms with Gasteiger partial charge in [-0.15, -0.1) is 0 Å². The highest BCUT2D eigenvalue weighted by atomic mass is 16.6. The number of carbonyl (C=O) groups excluding carboxylic acids is 1. The summed E-state index contributed by atoms with van der Waals surface area (Å²) in [5.74, 6) is -0.150. The summed E-state index contributed by atoms with van der Waals surface area (Å²) in [6.07, 6.45) is 1.09. The van der Waals surface area contributed by atoms with Crippen LogP contribution in [0.1, 0.15) is 32.8 Å². The molecule has 0 saturated carbocycles. The standard InChI is InChI=1S/C23H29NO3/c1-23(2,3)27-22(25)12-7-18-5-4-6-20(17-18)19-8-10-21(11-9-19)24-13-15-26-16-14-24/h4-6,8-11,17H,7,12-16H2,1-3H3. The molecule has 1 heterocycles. The molecular formula is C23H29NO3. The molecule has 2 aromatic rings. The highest BCUT2D eigenvalue weighted by Gasteiger charge is 2.16. The number of rotatable bonds is 5. The predicted molar refractivity (Wildman–Crippen MR) is 109 cm³/mol. The molecule has 0 atom stereocenters. The summed E-state index contributed by atoms with van der Waals surface area (Å²) < 4.78 is 10.8. The molecule has 2 aromatic carbocycles. The smallest absolute Gasteiger partial charge is 0.306 e. The number of carbonyl (C=O) groups is 1. The highest BCUT2D eigenvalue weighted by molar-refractivity contribution is 5.71. The van der Waals surface area contributed by atoms with Crippen LogP contribution in [0.4, 0.5) is 5.69 Å². The summed E-state index contributed by atoms with van der Waals surface area (Å²) in [6.45, 7) is 9.16. The monoisotopic (exact) mass is 367 g/mol. The Balaban J connectivity index is 1.63. The van der Waals surface area contributed by atoms with E-state index >= 15 is 0 Å². The quantitative estimate of drug-likeness (QED) is 0.731. The van der Waals surface area contributed by atoms with E-state index < -0.39 is 5.60 Å². The molecule has 0 amide bonds. The topological polar surface area (TPSA) is 38.8 Å². The van der Waals surface area contributed by atoms with Gasteiger partial charge in [0.1, 0.15) is 5.60 Å². The molecule has 4 heteroatoms. The minimum absolute atomic E-state index is 0.150. The number of ether oxygens (including phenoxy) is 2. The third-order valence-corrected chi connectivity index (χ3v) is 4.54. The number of morpholine rings is 1. The van der Waals surface area contributed by atoms with Gasteiger partial charge in [-0.3, -0.25) is 4.79 Å². The fourth-order valence-electron chi connectivity index (χ4n) is 3.23. The van der Waals surface area contributed by atoms with E-state index in [1.807, 2.05) is 20.8 Å². The van der Waals surface area contributed by atoms with Crippen LogP contribution in [0.15, 0.2) is 48.5 Å². The lowest BCUT2D eigenvalue weighted by Crippen LogP contribution is -2.36. The summed E-state index contributed by atoms with van der Waals surface area (Å²) in [5, 5.41) is 0. The predicted octanol–water partition coefficient (Wildman–Crippen LogP) is 4.46. The number of aryl methyl sites for hydroxylation is 1. The Bertz CT molecular complexity index is 756. The summed E-state index contributed by atoms with van der Waals surface area (Å²) in [5.41, 5.74) is 4.32. The molecule has 0 aliphatic carbocycles. The zero-order chi connectivity index (χ0) is 19.3. The molecule has 27 heavy (non-hydrogen) atoms. The maximum absolute atomic E-state index is 11.9. The summed E-state index contributed by atoms with van der Waals surface area (Å²) in [6, 6.07) is 17.1. The van der Waals surface area contributed by atoms with Crippen LogP contribution in [0.2, 0.25) is 0 Å². The molecule has 0 spiro atoms. The average Bonchev–Trinajstić information content (AvgIpc) is 2.66. The van der Waals surface area contributed by atoms with Gasteiger partial charge in [0, 0.05) is 25.2 Å². The van der Waals surface area contributed by atoms with Crippen molar-refractivity contribution in [2.75, 3.05) is 31.2 Å². The van der Waals surface area contributed by atoms with Crippen molar-refractivity contribution in [2.45, 2.75) is 39.2 Å². The first kappa shape index (κ1) is 19.4. The van der Waals surface area contributed by atoms with Gasteiger partial charge in [0.05, 0.1) is 13.2 Å². The highest BCUT2D eigenvalue weighted by Crippen LogP contribution is 2.25. The molecule has 1 aliphatic heterocycles. The zero-order valence-corrected chi connectivity index (χ0v) is 16.5. The van der Waals surface area contributed by atoms with Crippen LogP contribution in [-0.2, 0) is 20.7 Å². The van der Waals surface area contributed by atoms with Crippen molar-refractivity contribution >= 4 is 11.7 Å². The van der Waals surface area contributed by atoms with Crippen LogP contribution in [-0.4, -0.2) is 37.9 Å². The Morgan fingerprint density at radius 1 is 1.04 bits per heavy atom. The van der Waals surface area contributed by atoms with E-state index in [-0.39, 0.29) is 5.97 Å². The Labute approximate surface area is 162 Å². The number of anilines is 1. The van der Waals surface area contributed by atoms with E-state index in [4.69, 9.17) is 9.47 Å². The van der Waals surface area contributed by atoms with Crippen LogP contribution in [0.5, 0.6) is 0 Å². The molecule has 0 bridgehead atoms. The maximum Gasteiger partial charge on any atom is 0.306 e. The van der Waals surface area contributed by atoms with Crippen molar-refractivity contribution in [2.24, 2.45) is 0 Å². The zero-order valence-electron chi connectivity index (χ0n) is 16.5. The molecular weight excluding hydrogens is 338 g/mol. The van der Waals surface area contributed by atoms with Crippen LogP contribution in [0, 0.1) is 0 Å². The minimum atomic E-state index is -0.429. The second-order valence-electron chi connectivity index (χ2n) is 7.93. The van der Waals surface area contributed by atoms with Gasteiger partial charge in [0.2, 0.25) is 0 Å². The lowest BCUT2D eigenvalue weighted by Gasteiger charge is -2.28. The van der Waals surface area contributed by atoms with Gasteiger partial charge >= 0.3 is 5.97 Å². The molecule has 0 N–H and O–H groups in total. The largest absolute Gasteiger partial charge is 0.460 e. The molecule has 144 valence electrons. The van der Waals surface area contributed by atoms with Crippen LogP contribution in [0.3, 0.4) is 0 Å². The second-order valence-corrected chi connectivity index (χ2v) is 7.93. The van der Waals surface area contributed by atoms with Gasteiger partial charge < -0.3 is 14.4 Å². The molecule has 0 unspecified atom stereocenters. The van der Waals surface area contributed by atoms with Gasteiger partial charge in [-0.05, 0) is 56.0 Å². The number of benzene rings is 2. The van der Waals surface area contributed by atoms with Crippen molar-refractivity contribution < 1.29 is 14.3 Å². The summed E-state index contributed by atoms with van der Waals surface area (Å²) >= 11 is 0. The van der Waals surface area contributed by atoms with E-state index in [1.165, 1.54) is 16.8 Å². The molecule has 1 fully saturated rings. The second kappa shape index (κ2) is 8.57. The average molecular weight is 367 g/mol. The van der Waals surface area contributed by atoms with E-state index in [0.29, 0.717) is 12.8 Å². The number of hydrogen-bond acceptors (Lipinski definition) is 4. The maximum atomic E-state index is 11.9. The summed E-state index contributed by atoms with van der Waals surface area (Å²) in [4.78, 5) is 14.3. The normalized spacial score (nSPS) is 14.9. The molecule has 0 radical (unpaired) electrons. The third-order valence-electron chi connectivity index (χ3n) is 4.54. The molecule has 1 saturated heterocycles. The Hall–Kier alpha value is -2.33. The molecule has 0 aromatic heterocycles.